The van der Waals surface area contributed by atoms with E-state index in [1.807, 2.05) is 6.07 Å². The number of hydrogen-bond donors (Lipinski definition) is 0. The van der Waals surface area contributed by atoms with E-state index in [2.05, 4.69) is 0 Å². The molecule has 98 valence electrons. The molecular weight excluding hydrogens is 272 g/mol. The molecular formula is C13H15ClO3S. The number of aryl methyl sites for hydroxylation is 2. The number of benzene rings is 1. The zero-order valence-corrected chi connectivity index (χ0v) is 11.6. The van der Waals surface area contributed by atoms with E-state index in [1.54, 1.807) is 12.1 Å². The van der Waals surface area contributed by atoms with Crippen molar-refractivity contribution in [3.8, 4) is 0 Å². The third-order valence-corrected chi connectivity index (χ3v) is 5.15. The Labute approximate surface area is 112 Å². The lowest BCUT2D eigenvalue weighted by Crippen LogP contribution is -2.11. The second kappa shape index (κ2) is 5.41. The van der Waals surface area contributed by atoms with E-state index in [4.69, 9.17) is 11.6 Å². The van der Waals surface area contributed by atoms with Gasteiger partial charge in [-0.05, 0) is 60.5 Å². The molecule has 3 nitrogen and oxygen atoms in total. The van der Waals surface area contributed by atoms with E-state index < -0.39 is 15.1 Å². The van der Waals surface area contributed by atoms with Gasteiger partial charge in [0.1, 0.15) is 0 Å². The highest BCUT2D eigenvalue weighted by Crippen LogP contribution is 2.24. The van der Waals surface area contributed by atoms with Gasteiger partial charge in [0.15, 0.2) is 9.84 Å². The third-order valence-electron chi connectivity index (χ3n) is 3.25. The topological polar surface area (TPSA) is 51.2 Å². The predicted molar refractivity (Wildman–Crippen MR) is 70.6 cm³/mol. The Balaban J connectivity index is 2.25. The summed E-state index contributed by atoms with van der Waals surface area (Å²) in [5.74, 6) is -0.214. The van der Waals surface area contributed by atoms with Gasteiger partial charge < -0.3 is 0 Å². The summed E-state index contributed by atoms with van der Waals surface area (Å²) in [6.45, 7) is 0. The Kier molecular flexibility index (Phi) is 4.07. The van der Waals surface area contributed by atoms with Crippen LogP contribution in [0.15, 0.2) is 23.1 Å². The van der Waals surface area contributed by atoms with Crippen LogP contribution in [0.2, 0.25) is 0 Å². The van der Waals surface area contributed by atoms with Crippen molar-refractivity contribution in [2.45, 2.75) is 37.0 Å². The summed E-state index contributed by atoms with van der Waals surface area (Å²) in [6, 6.07) is 5.28. The monoisotopic (exact) mass is 286 g/mol. The highest BCUT2D eigenvalue weighted by atomic mass is 35.5. The van der Waals surface area contributed by atoms with Crippen molar-refractivity contribution in [2.75, 3.05) is 5.75 Å². The van der Waals surface area contributed by atoms with E-state index >= 15 is 0 Å². The zero-order valence-electron chi connectivity index (χ0n) is 9.99. The Hall–Kier alpha value is -0.870. The minimum Gasteiger partial charge on any atom is -0.281 e. The van der Waals surface area contributed by atoms with E-state index in [9.17, 15) is 13.2 Å². The fourth-order valence-electron chi connectivity index (χ4n) is 2.24. The summed E-state index contributed by atoms with van der Waals surface area (Å²) in [4.78, 5) is 11.0. The van der Waals surface area contributed by atoms with Crippen molar-refractivity contribution in [2.24, 2.45) is 0 Å². The Morgan fingerprint density at radius 2 is 1.83 bits per heavy atom. The van der Waals surface area contributed by atoms with Gasteiger partial charge in [0, 0.05) is 6.42 Å². The van der Waals surface area contributed by atoms with Crippen LogP contribution in [0.3, 0.4) is 0 Å². The van der Waals surface area contributed by atoms with Crippen molar-refractivity contribution in [1.82, 2.24) is 0 Å². The summed E-state index contributed by atoms with van der Waals surface area (Å²) >= 11 is 5.18. The molecule has 0 atom stereocenters. The first kappa shape index (κ1) is 13.6. The predicted octanol–water partition coefficient (Wildman–Crippen LogP) is 2.49. The maximum absolute atomic E-state index is 12.0. The van der Waals surface area contributed by atoms with Crippen LogP contribution in [-0.4, -0.2) is 19.4 Å². The number of hydrogen-bond acceptors (Lipinski definition) is 3. The minimum absolute atomic E-state index is 0.138. The maximum atomic E-state index is 12.0. The van der Waals surface area contributed by atoms with E-state index in [-0.39, 0.29) is 12.2 Å². The van der Waals surface area contributed by atoms with Gasteiger partial charge >= 0.3 is 0 Å². The molecule has 0 saturated carbocycles. The second-order valence-electron chi connectivity index (χ2n) is 4.56. The summed E-state index contributed by atoms with van der Waals surface area (Å²) in [6.07, 6.45) is 4.10. The lowest BCUT2D eigenvalue weighted by atomic mass is 9.92. The number of halogens is 1. The summed E-state index contributed by atoms with van der Waals surface area (Å²) < 4.78 is 24.0. The number of carbonyl (C=O) groups is 1. The first-order valence-electron chi connectivity index (χ1n) is 6.02. The first-order valence-corrected chi connectivity index (χ1v) is 8.05. The van der Waals surface area contributed by atoms with Gasteiger partial charge in [0.25, 0.3) is 0 Å². The Morgan fingerprint density at radius 3 is 2.50 bits per heavy atom. The smallest absolute Gasteiger partial charge is 0.222 e. The van der Waals surface area contributed by atoms with Gasteiger partial charge in [-0.3, -0.25) is 4.79 Å². The SMILES string of the molecule is O=C(Cl)CCS(=O)(=O)c1ccc2c(c1)CCCC2. The number of carbonyl (C=O) groups excluding carboxylic acids is 1. The molecule has 1 aromatic carbocycles. The largest absolute Gasteiger partial charge is 0.281 e. The molecule has 0 radical (unpaired) electrons. The van der Waals surface area contributed by atoms with Gasteiger partial charge in [-0.1, -0.05) is 6.07 Å². The van der Waals surface area contributed by atoms with Crippen LogP contribution in [0.25, 0.3) is 0 Å². The first-order chi connectivity index (χ1) is 8.49. The molecule has 0 amide bonds. The molecule has 18 heavy (non-hydrogen) atoms. The zero-order chi connectivity index (χ0) is 13.2. The number of sulfone groups is 1. The lowest BCUT2D eigenvalue weighted by Gasteiger charge is -2.16. The molecule has 0 saturated heterocycles. The van der Waals surface area contributed by atoms with Gasteiger partial charge in [0.05, 0.1) is 10.6 Å². The van der Waals surface area contributed by atoms with Gasteiger partial charge in [-0.15, -0.1) is 0 Å². The summed E-state index contributed by atoms with van der Waals surface area (Å²) in [5, 5.41) is -0.614. The summed E-state index contributed by atoms with van der Waals surface area (Å²) in [5.41, 5.74) is 2.37. The molecule has 0 unspecified atom stereocenters. The minimum atomic E-state index is -3.39. The molecule has 1 aliphatic carbocycles. The molecule has 0 spiro atoms. The molecule has 0 bridgehead atoms. The molecule has 0 fully saturated rings. The summed E-state index contributed by atoms with van der Waals surface area (Å²) in [7, 11) is -3.39. The van der Waals surface area contributed by atoms with Gasteiger partial charge in [-0.25, -0.2) is 8.42 Å². The van der Waals surface area contributed by atoms with E-state index in [0.717, 1.165) is 24.8 Å². The highest BCUT2D eigenvalue weighted by molar-refractivity contribution is 7.91. The molecule has 5 heteroatoms. The van der Waals surface area contributed by atoms with E-state index in [0.29, 0.717) is 4.90 Å². The molecule has 0 heterocycles. The molecule has 0 aliphatic heterocycles. The van der Waals surface area contributed by atoms with Crippen molar-refractivity contribution < 1.29 is 13.2 Å². The standard InChI is InChI=1S/C13H15ClO3S/c14-13(15)7-8-18(16,17)12-6-5-10-3-1-2-4-11(10)9-12/h5-6,9H,1-4,7-8H2. The molecule has 1 aromatic rings. The van der Waals surface area contributed by atoms with Gasteiger partial charge in [0.2, 0.25) is 5.24 Å². The Bertz CT molecular complexity index is 564. The van der Waals surface area contributed by atoms with Gasteiger partial charge in [-0.2, -0.15) is 0 Å². The van der Waals surface area contributed by atoms with Crippen molar-refractivity contribution in [1.29, 1.82) is 0 Å². The fourth-order valence-corrected chi connectivity index (χ4v) is 3.73. The molecule has 0 N–H and O–H groups in total. The highest BCUT2D eigenvalue weighted by Gasteiger charge is 2.18. The van der Waals surface area contributed by atoms with Crippen LogP contribution in [0, 0.1) is 0 Å². The van der Waals surface area contributed by atoms with Crippen molar-refractivity contribution >= 4 is 26.7 Å². The van der Waals surface area contributed by atoms with Crippen LogP contribution in [0.5, 0.6) is 0 Å². The van der Waals surface area contributed by atoms with Crippen LogP contribution >= 0.6 is 11.6 Å². The van der Waals surface area contributed by atoms with Crippen molar-refractivity contribution in [3.05, 3.63) is 29.3 Å². The molecule has 1 aliphatic rings. The fraction of sp³-hybridized carbons (Fsp3) is 0.462. The average molecular weight is 287 g/mol. The second-order valence-corrected chi connectivity index (χ2v) is 7.09. The van der Waals surface area contributed by atoms with Crippen molar-refractivity contribution in [3.63, 3.8) is 0 Å². The maximum Gasteiger partial charge on any atom is 0.222 e. The normalized spacial score (nSPS) is 15.2. The van der Waals surface area contributed by atoms with E-state index in [1.165, 1.54) is 12.0 Å². The number of rotatable bonds is 4. The Morgan fingerprint density at radius 1 is 1.17 bits per heavy atom. The third kappa shape index (κ3) is 3.12. The molecule has 0 aromatic heterocycles. The average Bonchev–Trinajstić information content (AvgIpc) is 2.36. The van der Waals surface area contributed by atoms with Crippen LogP contribution in [0.4, 0.5) is 0 Å². The number of fused-ring (bicyclic) bond motifs is 1. The van der Waals surface area contributed by atoms with Crippen LogP contribution < -0.4 is 0 Å². The van der Waals surface area contributed by atoms with Crippen LogP contribution in [0.1, 0.15) is 30.4 Å². The van der Waals surface area contributed by atoms with Crippen LogP contribution in [-0.2, 0) is 27.5 Å². The molecule has 2 rings (SSSR count). The quantitative estimate of drug-likeness (QED) is 0.799. The lowest BCUT2D eigenvalue weighted by molar-refractivity contribution is -0.111.